The Kier molecular flexibility index (Phi) is 4.50. The molecule has 0 N–H and O–H groups in total. The fraction of sp³-hybridized carbons (Fsp3) is 0.375. The molecule has 1 aliphatic heterocycles. The molecule has 0 saturated heterocycles. The van der Waals surface area contributed by atoms with Crippen LogP contribution in [0.25, 0.3) is 26.5 Å². The summed E-state index contributed by atoms with van der Waals surface area (Å²) in [5, 5.41) is 0.961. The molecule has 0 amide bonds. The molecule has 0 aliphatic carbocycles. The molecule has 0 saturated carbocycles. The molecular formula is C24H27NO2S. The Bertz CT molecular complexity index is 1040. The Morgan fingerprint density at radius 3 is 2.50 bits per heavy atom. The lowest BCUT2D eigenvalue weighted by molar-refractivity contribution is 0.213. The zero-order chi connectivity index (χ0) is 20.1. The molecule has 1 aliphatic rings. The van der Waals surface area contributed by atoms with E-state index in [1.807, 2.05) is 18.2 Å². The maximum Gasteiger partial charge on any atom is 0.129 e. The summed E-state index contributed by atoms with van der Waals surface area (Å²) < 4.78 is 13.3. The largest absolute Gasteiger partial charge is 0.496 e. The van der Waals surface area contributed by atoms with Crippen molar-refractivity contribution in [3.63, 3.8) is 0 Å². The number of aromatic nitrogens is 1. The molecule has 0 spiro atoms. The van der Waals surface area contributed by atoms with Crippen molar-refractivity contribution in [1.29, 1.82) is 0 Å². The molecule has 4 rings (SSSR count). The van der Waals surface area contributed by atoms with Crippen LogP contribution in [0, 0.1) is 10.8 Å². The number of nitrogens with zero attached hydrogens (tertiary/aromatic N) is 1. The van der Waals surface area contributed by atoms with Crippen LogP contribution in [0.3, 0.4) is 0 Å². The van der Waals surface area contributed by atoms with E-state index in [0.717, 1.165) is 33.2 Å². The van der Waals surface area contributed by atoms with Gasteiger partial charge in [-0.1, -0.05) is 58.9 Å². The van der Waals surface area contributed by atoms with E-state index in [1.165, 1.54) is 10.3 Å². The average Bonchev–Trinajstić information content (AvgIpc) is 3.20. The minimum atomic E-state index is -0.0124. The van der Waals surface area contributed by atoms with Crippen molar-refractivity contribution in [2.45, 2.75) is 34.6 Å². The maximum absolute atomic E-state index is 6.33. The van der Waals surface area contributed by atoms with E-state index in [0.29, 0.717) is 6.61 Å². The van der Waals surface area contributed by atoms with Crippen molar-refractivity contribution in [2.75, 3.05) is 13.7 Å². The average molecular weight is 394 g/mol. The van der Waals surface area contributed by atoms with Crippen molar-refractivity contribution in [3.8, 4) is 16.3 Å². The first kappa shape index (κ1) is 19.0. The Hall–Kier alpha value is -2.33. The van der Waals surface area contributed by atoms with E-state index in [9.17, 15) is 0 Å². The van der Waals surface area contributed by atoms with Gasteiger partial charge in [0, 0.05) is 11.0 Å². The van der Waals surface area contributed by atoms with Crippen molar-refractivity contribution in [1.82, 2.24) is 4.98 Å². The molecule has 0 radical (unpaired) electrons. The fourth-order valence-electron chi connectivity index (χ4n) is 4.36. The number of methoxy groups -OCH3 is 1. The van der Waals surface area contributed by atoms with Gasteiger partial charge in [0.1, 0.15) is 16.5 Å². The molecule has 0 fully saturated rings. The number of thiazole rings is 1. The van der Waals surface area contributed by atoms with Crippen LogP contribution in [0.4, 0.5) is 0 Å². The quantitative estimate of drug-likeness (QED) is 0.491. The van der Waals surface area contributed by atoms with E-state index in [1.54, 1.807) is 18.4 Å². The summed E-state index contributed by atoms with van der Waals surface area (Å²) in [7, 11) is 1.72. The summed E-state index contributed by atoms with van der Waals surface area (Å²) in [6, 6.07) is 14.4. The second kappa shape index (κ2) is 6.63. The highest BCUT2D eigenvalue weighted by atomic mass is 32.1. The van der Waals surface area contributed by atoms with E-state index in [2.05, 4.69) is 58.9 Å². The third-order valence-corrected chi connectivity index (χ3v) is 6.28. The van der Waals surface area contributed by atoms with Crippen LogP contribution in [0.1, 0.15) is 40.2 Å². The normalized spacial score (nSPS) is 16.5. The first-order chi connectivity index (χ1) is 13.2. The minimum absolute atomic E-state index is 0.00325. The van der Waals surface area contributed by atoms with Crippen molar-refractivity contribution in [3.05, 3.63) is 53.6 Å². The zero-order valence-corrected chi connectivity index (χ0v) is 18.2. The van der Waals surface area contributed by atoms with Gasteiger partial charge < -0.3 is 9.47 Å². The van der Waals surface area contributed by atoms with Crippen LogP contribution < -0.4 is 4.74 Å². The van der Waals surface area contributed by atoms with Gasteiger partial charge in [-0.15, -0.1) is 11.3 Å². The molecule has 2 heterocycles. The van der Waals surface area contributed by atoms with Crippen LogP contribution in [0.2, 0.25) is 0 Å². The fourth-order valence-corrected chi connectivity index (χ4v) is 5.39. The lowest BCUT2D eigenvalue weighted by atomic mass is 9.71. The van der Waals surface area contributed by atoms with Crippen LogP contribution >= 0.6 is 11.3 Å². The first-order valence-corrected chi connectivity index (χ1v) is 10.5. The van der Waals surface area contributed by atoms with E-state index in [-0.39, 0.29) is 10.8 Å². The van der Waals surface area contributed by atoms with Gasteiger partial charge in [0.05, 0.1) is 29.5 Å². The van der Waals surface area contributed by atoms with Gasteiger partial charge in [0.25, 0.3) is 0 Å². The monoisotopic (exact) mass is 393 g/mol. The highest BCUT2D eigenvalue weighted by molar-refractivity contribution is 7.21. The third kappa shape index (κ3) is 3.10. The molecule has 3 nitrogen and oxygen atoms in total. The predicted octanol–water partition coefficient (Wildman–Crippen LogP) is 6.79. The SMILES string of the molecule is COc1cccc(C2=C(C(C)(C)C)C(C)(C)CO2)c1-c1nc2ccccc2s1. The van der Waals surface area contributed by atoms with Gasteiger partial charge in [0.2, 0.25) is 0 Å². The molecule has 4 heteroatoms. The Morgan fingerprint density at radius 2 is 1.82 bits per heavy atom. The van der Waals surface area contributed by atoms with Crippen LogP contribution in [-0.2, 0) is 4.74 Å². The van der Waals surface area contributed by atoms with E-state index >= 15 is 0 Å². The molecule has 146 valence electrons. The highest BCUT2D eigenvalue weighted by Gasteiger charge is 2.42. The van der Waals surface area contributed by atoms with Gasteiger partial charge in [-0.05, 0) is 29.2 Å². The summed E-state index contributed by atoms with van der Waals surface area (Å²) in [5.41, 5.74) is 4.42. The summed E-state index contributed by atoms with van der Waals surface area (Å²) in [4.78, 5) is 4.91. The number of hydrogen-bond acceptors (Lipinski definition) is 4. The second-order valence-corrected chi connectivity index (χ2v) is 10.0. The molecule has 3 aromatic rings. The van der Waals surface area contributed by atoms with Gasteiger partial charge in [-0.2, -0.15) is 0 Å². The number of para-hydroxylation sites is 1. The number of benzene rings is 2. The smallest absolute Gasteiger partial charge is 0.129 e. The summed E-state index contributed by atoms with van der Waals surface area (Å²) in [6.07, 6.45) is 0. The molecule has 0 bridgehead atoms. The lowest BCUT2D eigenvalue weighted by Gasteiger charge is -2.31. The number of fused-ring (bicyclic) bond motifs is 1. The zero-order valence-electron chi connectivity index (χ0n) is 17.4. The van der Waals surface area contributed by atoms with E-state index < -0.39 is 0 Å². The van der Waals surface area contributed by atoms with Crippen molar-refractivity contribution >= 4 is 27.3 Å². The van der Waals surface area contributed by atoms with E-state index in [4.69, 9.17) is 14.5 Å². The van der Waals surface area contributed by atoms with Crippen molar-refractivity contribution < 1.29 is 9.47 Å². The Balaban J connectivity index is 2.01. The van der Waals surface area contributed by atoms with Gasteiger partial charge in [-0.3, -0.25) is 0 Å². The molecule has 0 unspecified atom stereocenters. The van der Waals surface area contributed by atoms with Crippen molar-refractivity contribution in [2.24, 2.45) is 10.8 Å². The van der Waals surface area contributed by atoms with Gasteiger partial charge in [-0.25, -0.2) is 4.98 Å². The van der Waals surface area contributed by atoms with Crippen LogP contribution in [0.15, 0.2) is 48.0 Å². The van der Waals surface area contributed by atoms with Gasteiger partial charge >= 0.3 is 0 Å². The molecule has 0 atom stereocenters. The van der Waals surface area contributed by atoms with Crippen LogP contribution in [0.5, 0.6) is 5.75 Å². The summed E-state index contributed by atoms with van der Waals surface area (Å²) >= 11 is 1.69. The molecular weight excluding hydrogens is 366 g/mol. The third-order valence-electron chi connectivity index (χ3n) is 5.23. The lowest BCUT2D eigenvalue weighted by Crippen LogP contribution is -2.24. The number of ether oxygens (including phenoxy) is 2. The summed E-state index contributed by atoms with van der Waals surface area (Å²) in [6.45, 7) is 12.0. The number of rotatable bonds is 3. The molecule has 1 aromatic heterocycles. The topological polar surface area (TPSA) is 31.4 Å². The molecule has 28 heavy (non-hydrogen) atoms. The van der Waals surface area contributed by atoms with Crippen LogP contribution in [-0.4, -0.2) is 18.7 Å². The summed E-state index contributed by atoms with van der Waals surface area (Å²) in [5.74, 6) is 1.80. The predicted molar refractivity (Wildman–Crippen MR) is 118 cm³/mol. The maximum atomic E-state index is 6.33. The van der Waals surface area contributed by atoms with Gasteiger partial charge in [0.15, 0.2) is 0 Å². The number of hydrogen-bond donors (Lipinski definition) is 0. The first-order valence-electron chi connectivity index (χ1n) is 9.64. The second-order valence-electron chi connectivity index (χ2n) is 9.00. The Morgan fingerprint density at radius 1 is 1.07 bits per heavy atom. The Labute approximate surface area is 171 Å². The standard InChI is InChI=1S/C24H27NO2S/c1-23(2,3)21-20(27-14-24(21,4)5)15-10-9-12-17(26-6)19(15)22-25-16-11-7-8-13-18(16)28-22/h7-13H,14H2,1-6H3. The highest BCUT2D eigenvalue weighted by Crippen LogP contribution is 2.52. The molecule has 2 aromatic carbocycles. The minimum Gasteiger partial charge on any atom is -0.496 e.